The van der Waals surface area contributed by atoms with E-state index in [9.17, 15) is 4.79 Å². The zero-order valence-corrected chi connectivity index (χ0v) is 11.4. The summed E-state index contributed by atoms with van der Waals surface area (Å²) in [4.78, 5) is 12.2. The van der Waals surface area contributed by atoms with Gasteiger partial charge in [-0.3, -0.25) is 4.79 Å². The van der Waals surface area contributed by atoms with Gasteiger partial charge in [-0.2, -0.15) is 0 Å². The maximum Gasteiger partial charge on any atom is 0.237 e. The normalized spacial score (nSPS) is 19.6. The zero-order chi connectivity index (χ0) is 13.7. The van der Waals surface area contributed by atoms with Crippen molar-refractivity contribution in [2.75, 3.05) is 6.61 Å². The van der Waals surface area contributed by atoms with Crippen LogP contribution in [0.2, 0.25) is 0 Å². The van der Waals surface area contributed by atoms with E-state index in [-0.39, 0.29) is 24.6 Å². The molecule has 4 nitrogen and oxygen atoms in total. The molecule has 0 saturated heterocycles. The highest BCUT2D eigenvalue weighted by Gasteiger charge is 2.24. The van der Waals surface area contributed by atoms with Crippen molar-refractivity contribution in [1.82, 2.24) is 10.6 Å². The van der Waals surface area contributed by atoms with Crippen molar-refractivity contribution in [1.29, 1.82) is 0 Å². The Kier molecular flexibility index (Phi) is 4.93. The van der Waals surface area contributed by atoms with Crippen LogP contribution in [0.5, 0.6) is 0 Å². The third-order valence-electron chi connectivity index (χ3n) is 3.71. The summed E-state index contributed by atoms with van der Waals surface area (Å²) in [6.07, 6.45) is 2.19. The molecule has 0 radical (unpaired) electrons. The van der Waals surface area contributed by atoms with Gasteiger partial charge in [-0.1, -0.05) is 31.2 Å². The molecule has 2 unspecified atom stereocenters. The van der Waals surface area contributed by atoms with Crippen LogP contribution in [0.25, 0.3) is 0 Å². The second kappa shape index (κ2) is 6.68. The van der Waals surface area contributed by atoms with Crippen LogP contribution in [0.3, 0.4) is 0 Å². The average molecular weight is 262 g/mol. The van der Waals surface area contributed by atoms with Crippen molar-refractivity contribution in [2.45, 2.75) is 44.8 Å². The fraction of sp³-hybridized carbons (Fsp3) is 0.533. The molecule has 0 saturated carbocycles. The van der Waals surface area contributed by atoms with Gasteiger partial charge in [-0.25, -0.2) is 0 Å². The number of nitrogens with one attached hydrogen (secondary N) is 2. The number of rotatable bonds is 5. The van der Waals surface area contributed by atoms with Crippen molar-refractivity contribution in [3.8, 4) is 0 Å². The van der Waals surface area contributed by atoms with E-state index in [1.165, 1.54) is 11.1 Å². The summed E-state index contributed by atoms with van der Waals surface area (Å²) in [5.41, 5.74) is 2.52. The topological polar surface area (TPSA) is 61.4 Å². The van der Waals surface area contributed by atoms with E-state index in [1.54, 1.807) is 0 Å². The Hall–Kier alpha value is -1.39. The monoisotopic (exact) mass is 262 g/mol. The van der Waals surface area contributed by atoms with Crippen LogP contribution in [0.15, 0.2) is 24.3 Å². The first-order chi connectivity index (χ1) is 9.24. The van der Waals surface area contributed by atoms with Gasteiger partial charge in [-0.05, 0) is 30.4 Å². The third-order valence-corrected chi connectivity index (χ3v) is 3.71. The molecule has 0 fully saturated rings. The summed E-state index contributed by atoms with van der Waals surface area (Å²) in [6, 6.07) is 8.12. The lowest BCUT2D eigenvalue weighted by Gasteiger charge is -2.27. The largest absolute Gasteiger partial charge is 0.396 e. The van der Waals surface area contributed by atoms with Gasteiger partial charge in [0.05, 0.1) is 6.04 Å². The van der Waals surface area contributed by atoms with Crippen molar-refractivity contribution >= 4 is 5.91 Å². The minimum absolute atomic E-state index is 0.0369. The van der Waals surface area contributed by atoms with Crippen molar-refractivity contribution in [3.05, 3.63) is 35.4 Å². The number of carbonyl (C=O) groups is 1. The third kappa shape index (κ3) is 3.55. The predicted octanol–water partition coefficient (Wildman–Crippen LogP) is 0.978. The lowest BCUT2D eigenvalue weighted by atomic mass is 9.95. The maximum atomic E-state index is 12.2. The first kappa shape index (κ1) is 14.0. The Bertz CT molecular complexity index is 434. The highest BCUT2D eigenvalue weighted by atomic mass is 16.3. The van der Waals surface area contributed by atoms with E-state index in [0.29, 0.717) is 6.42 Å². The predicted molar refractivity (Wildman–Crippen MR) is 74.7 cm³/mol. The molecule has 3 N–H and O–H groups in total. The molecular weight excluding hydrogens is 240 g/mol. The molecule has 2 rings (SSSR count). The summed E-state index contributed by atoms with van der Waals surface area (Å²) in [6.45, 7) is 2.87. The van der Waals surface area contributed by atoms with E-state index < -0.39 is 0 Å². The SMILES string of the molecule is CCC(CCO)NC(=O)C1Cc2ccccc2CN1. The zero-order valence-electron chi connectivity index (χ0n) is 11.4. The number of aliphatic hydroxyl groups is 1. The van der Waals surface area contributed by atoms with Gasteiger partial charge in [-0.15, -0.1) is 0 Å². The van der Waals surface area contributed by atoms with Crippen LogP contribution < -0.4 is 10.6 Å². The molecule has 1 aromatic rings. The first-order valence-corrected chi connectivity index (χ1v) is 6.96. The summed E-state index contributed by atoms with van der Waals surface area (Å²) in [5, 5.41) is 15.2. The molecule has 4 heteroatoms. The van der Waals surface area contributed by atoms with Crippen molar-refractivity contribution < 1.29 is 9.90 Å². The Morgan fingerprint density at radius 1 is 1.47 bits per heavy atom. The molecule has 0 aliphatic carbocycles. The quantitative estimate of drug-likeness (QED) is 0.741. The number of fused-ring (bicyclic) bond motifs is 1. The molecule has 1 aromatic carbocycles. The van der Waals surface area contributed by atoms with Crippen LogP contribution in [0.4, 0.5) is 0 Å². The van der Waals surface area contributed by atoms with E-state index in [0.717, 1.165) is 19.4 Å². The van der Waals surface area contributed by atoms with Gasteiger partial charge in [0.25, 0.3) is 0 Å². The Balaban J connectivity index is 1.95. The summed E-state index contributed by atoms with van der Waals surface area (Å²) >= 11 is 0. The summed E-state index contributed by atoms with van der Waals surface area (Å²) in [7, 11) is 0. The van der Waals surface area contributed by atoms with E-state index in [2.05, 4.69) is 22.8 Å². The van der Waals surface area contributed by atoms with Crippen LogP contribution in [-0.4, -0.2) is 29.7 Å². The second-order valence-corrected chi connectivity index (χ2v) is 5.03. The molecule has 0 aromatic heterocycles. The molecule has 104 valence electrons. The molecule has 19 heavy (non-hydrogen) atoms. The van der Waals surface area contributed by atoms with Crippen LogP contribution >= 0.6 is 0 Å². The van der Waals surface area contributed by atoms with E-state index in [4.69, 9.17) is 5.11 Å². The molecule has 0 bridgehead atoms. The highest BCUT2D eigenvalue weighted by Crippen LogP contribution is 2.16. The Morgan fingerprint density at radius 2 is 2.21 bits per heavy atom. The lowest BCUT2D eigenvalue weighted by molar-refractivity contribution is -0.124. The number of hydrogen-bond donors (Lipinski definition) is 3. The molecule has 2 atom stereocenters. The number of benzene rings is 1. The Morgan fingerprint density at radius 3 is 2.89 bits per heavy atom. The van der Waals surface area contributed by atoms with Crippen molar-refractivity contribution in [2.24, 2.45) is 0 Å². The Labute approximate surface area is 114 Å². The van der Waals surface area contributed by atoms with Crippen molar-refractivity contribution in [3.63, 3.8) is 0 Å². The molecule has 0 spiro atoms. The second-order valence-electron chi connectivity index (χ2n) is 5.03. The summed E-state index contributed by atoms with van der Waals surface area (Å²) < 4.78 is 0. The molecule has 1 aliphatic rings. The van der Waals surface area contributed by atoms with Gasteiger partial charge in [0.15, 0.2) is 0 Å². The minimum atomic E-state index is -0.164. The fourth-order valence-electron chi connectivity index (χ4n) is 2.48. The van der Waals surface area contributed by atoms with Gasteiger partial charge in [0, 0.05) is 19.2 Å². The highest BCUT2D eigenvalue weighted by molar-refractivity contribution is 5.82. The molecule has 1 aliphatic heterocycles. The minimum Gasteiger partial charge on any atom is -0.396 e. The van der Waals surface area contributed by atoms with Gasteiger partial charge in [0.1, 0.15) is 0 Å². The average Bonchev–Trinajstić information content (AvgIpc) is 2.46. The van der Waals surface area contributed by atoms with Gasteiger partial charge < -0.3 is 15.7 Å². The number of carbonyl (C=O) groups excluding carboxylic acids is 1. The van der Waals surface area contributed by atoms with Gasteiger partial charge >= 0.3 is 0 Å². The lowest BCUT2D eigenvalue weighted by Crippen LogP contribution is -2.50. The van der Waals surface area contributed by atoms with Crippen LogP contribution in [-0.2, 0) is 17.8 Å². The molecule has 1 heterocycles. The fourth-order valence-corrected chi connectivity index (χ4v) is 2.48. The van der Waals surface area contributed by atoms with E-state index >= 15 is 0 Å². The first-order valence-electron chi connectivity index (χ1n) is 6.96. The maximum absolute atomic E-state index is 12.2. The van der Waals surface area contributed by atoms with E-state index in [1.807, 2.05) is 19.1 Å². The number of hydrogen-bond acceptors (Lipinski definition) is 3. The standard InChI is InChI=1S/C15H22N2O2/c1-2-13(7-8-18)17-15(19)14-9-11-5-3-4-6-12(11)10-16-14/h3-6,13-14,16,18H,2,7-10H2,1H3,(H,17,19). The smallest absolute Gasteiger partial charge is 0.237 e. The van der Waals surface area contributed by atoms with Crippen LogP contribution in [0, 0.1) is 0 Å². The molecular formula is C15H22N2O2. The number of amides is 1. The number of aliphatic hydroxyl groups excluding tert-OH is 1. The van der Waals surface area contributed by atoms with Crippen LogP contribution in [0.1, 0.15) is 30.9 Å². The molecule has 1 amide bonds. The van der Waals surface area contributed by atoms with Gasteiger partial charge in [0.2, 0.25) is 5.91 Å². The summed E-state index contributed by atoms with van der Waals surface area (Å²) in [5.74, 6) is 0.0369.